The third-order valence-electron chi connectivity index (χ3n) is 4.06. The maximum absolute atomic E-state index is 5.56. The summed E-state index contributed by atoms with van der Waals surface area (Å²) in [6, 6.07) is 1.32. The van der Waals surface area contributed by atoms with Crippen LogP contribution in [-0.2, 0) is 6.54 Å². The van der Waals surface area contributed by atoms with Gasteiger partial charge in [0.1, 0.15) is 6.26 Å². The van der Waals surface area contributed by atoms with Crippen molar-refractivity contribution in [3.63, 3.8) is 0 Å². The quantitative estimate of drug-likeness (QED) is 0.893. The van der Waals surface area contributed by atoms with Gasteiger partial charge in [-0.1, -0.05) is 13.8 Å². The minimum atomic E-state index is 0.505. The fourth-order valence-corrected chi connectivity index (χ4v) is 2.65. The molecule has 4 nitrogen and oxygen atoms in total. The van der Waals surface area contributed by atoms with E-state index in [4.69, 9.17) is 4.42 Å². The molecule has 0 atom stereocenters. The van der Waals surface area contributed by atoms with Crippen LogP contribution in [0.15, 0.2) is 10.7 Å². The van der Waals surface area contributed by atoms with Crippen LogP contribution in [0.4, 0.5) is 6.01 Å². The topological polar surface area (TPSA) is 41.3 Å². The molecule has 4 heteroatoms. The normalized spacial score (nSPS) is 20.0. The van der Waals surface area contributed by atoms with E-state index in [-0.39, 0.29) is 0 Å². The molecular weight excluding hydrogens is 226 g/mol. The van der Waals surface area contributed by atoms with Gasteiger partial charge in [-0.25, -0.2) is 0 Å². The van der Waals surface area contributed by atoms with Gasteiger partial charge in [0.25, 0.3) is 6.01 Å². The second kappa shape index (κ2) is 5.31. The Kier molecular flexibility index (Phi) is 3.95. The van der Waals surface area contributed by atoms with Crippen LogP contribution < -0.4 is 10.2 Å². The molecule has 102 valence electrons. The lowest BCUT2D eigenvalue weighted by molar-refractivity contribution is 0.220. The van der Waals surface area contributed by atoms with Crippen molar-refractivity contribution < 1.29 is 4.42 Å². The molecule has 1 aromatic rings. The molecule has 1 aliphatic rings. The van der Waals surface area contributed by atoms with Gasteiger partial charge < -0.3 is 14.6 Å². The van der Waals surface area contributed by atoms with Gasteiger partial charge in [-0.05, 0) is 38.1 Å². The predicted octanol–water partition coefficient (Wildman–Crippen LogP) is 2.80. The number of hydrogen-bond donors (Lipinski definition) is 1. The molecule has 0 radical (unpaired) electrons. The Bertz CT molecular complexity index is 376. The van der Waals surface area contributed by atoms with E-state index in [1.165, 1.54) is 25.7 Å². The highest BCUT2D eigenvalue weighted by Crippen LogP contribution is 2.37. The smallest absolute Gasteiger partial charge is 0.297 e. The van der Waals surface area contributed by atoms with E-state index in [9.17, 15) is 0 Å². The van der Waals surface area contributed by atoms with Crippen LogP contribution in [0.1, 0.15) is 45.2 Å². The Labute approximate surface area is 110 Å². The number of aromatic nitrogens is 1. The molecule has 1 saturated carbocycles. The van der Waals surface area contributed by atoms with E-state index in [1.54, 1.807) is 6.26 Å². The van der Waals surface area contributed by atoms with E-state index < -0.39 is 0 Å². The molecule has 0 unspecified atom stereocenters. The summed E-state index contributed by atoms with van der Waals surface area (Å²) in [6.45, 7) is 5.48. The lowest BCUT2D eigenvalue weighted by Crippen LogP contribution is -2.37. The van der Waals surface area contributed by atoms with Crippen molar-refractivity contribution in [2.24, 2.45) is 5.41 Å². The SMILES string of the molecule is CNCc1coc(N(C)C2CCC(C)(C)CC2)n1. The van der Waals surface area contributed by atoms with Crippen LogP contribution in [0.2, 0.25) is 0 Å². The number of oxazole rings is 1. The lowest BCUT2D eigenvalue weighted by Gasteiger charge is -2.37. The second-order valence-corrected chi connectivity index (χ2v) is 6.16. The van der Waals surface area contributed by atoms with Crippen LogP contribution in [0.5, 0.6) is 0 Å². The monoisotopic (exact) mass is 251 g/mol. The van der Waals surface area contributed by atoms with Crippen molar-refractivity contribution in [2.75, 3.05) is 19.0 Å². The average Bonchev–Trinajstić information content (AvgIpc) is 2.77. The first-order valence-corrected chi connectivity index (χ1v) is 6.84. The summed E-state index contributed by atoms with van der Waals surface area (Å²) < 4.78 is 5.56. The molecule has 2 rings (SSSR count). The number of anilines is 1. The molecule has 0 saturated heterocycles. The Morgan fingerprint density at radius 1 is 1.44 bits per heavy atom. The van der Waals surface area contributed by atoms with Crippen molar-refractivity contribution in [3.8, 4) is 0 Å². The number of nitrogens with one attached hydrogen (secondary N) is 1. The summed E-state index contributed by atoms with van der Waals surface area (Å²) >= 11 is 0. The first-order valence-electron chi connectivity index (χ1n) is 6.84. The minimum absolute atomic E-state index is 0.505. The molecule has 1 heterocycles. The molecule has 1 N–H and O–H groups in total. The average molecular weight is 251 g/mol. The fourth-order valence-electron chi connectivity index (χ4n) is 2.65. The van der Waals surface area contributed by atoms with E-state index in [0.29, 0.717) is 11.5 Å². The Balaban J connectivity index is 1.96. The van der Waals surface area contributed by atoms with Crippen molar-refractivity contribution in [3.05, 3.63) is 12.0 Å². The summed E-state index contributed by atoms with van der Waals surface area (Å²) in [5.41, 5.74) is 1.47. The summed E-state index contributed by atoms with van der Waals surface area (Å²) in [4.78, 5) is 6.71. The Morgan fingerprint density at radius 2 is 2.11 bits per heavy atom. The number of nitrogens with zero attached hydrogens (tertiary/aromatic N) is 2. The van der Waals surface area contributed by atoms with Crippen molar-refractivity contribution in [1.82, 2.24) is 10.3 Å². The van der Waals surface area contributed by atoms with Crippen molar-refractivity contribution >= 4 is 6.01 Å². The van der Waals surface area contributed by atoms with E-state index >= 15 is 0 Å². The molecule has 1 aliphatic carbocycles. The molecule has 18 heavy (non-hydrogen) atoms. The zero-order valence-electron chi connectivity index (χ0n) is 12.0. The Hall–Kier alpha value is -1.03. The van der Waals surface area contributed by atoms with E-state index in [0.717, 1.165) is 18.3 Å². The van der Waals surface area contributed by atoms with Gasteiger partial charge in [0.05, 0.1) is 5.69 Å². The Morgan fingerprint density at radius 3 is 2.72 bits per heavy atom. The largest absolute Gasteiger partial charge is 0.432 e. The summed E-state index contributed by atoms with van der Waals surface area (Å²) in [5, 5.41) is 3.09. The number of hydrogen-bond acceptors (Lipinski definition) is 4. The highest BCUT2D eigenvalue weighted by Gasteiger charge is 2.30. The zero-order chi connectivity index (χ0) is 13.2. The van der Waals surface area contributed by atoms with Gasteiger partial charge in [-0.15, -0.1) is 0 Å². The van der Waals surface area contributed by atoms with Crippen LogP contribution in [0.3, 0.4) is 0 Å². The molecule has 0 bridgehead atoms. The van der Waals surface area contributed by atoms with E-state index in [1.807, 2.05) is 7.05 Å². The fraction of sp³-hybridized carbons (Fsp3) is 0.786. The molecule has 1 aromatic heterocycles. The third-order valence-corrected chi connectivity index (χ3v) is 4.06. The first kappa shape index (κ1) is 13.4. The minimum Gasteiger partial charge on any atom is -0.432 e. The molecule has 0 aromatic carbocycles. The van der Waals surface area contributed by atoms with Gasteiger partial charge in [-0.3, -0.25) is 0 Å². The van der Waals surface area contributed by atoms with Crippen LogP contribution >= 0.6 is 0 Å². The maximum atomic E-state index is 5.56. The van der Waals surface area contributed by atoms with Crippen LogP contribution in [-0.4, -0.2) is 25.1 Å². The molecule has 0 aliphatic heterocycles. The van der Waals surface area contributed by atoms with Crippen LogP contribution in [0, 0.1) is 5.41 Å². The van der Waals surface area contributed by atoms with Crippen LogP contribution in [0.25, 0.3) is 0 Å². The second-order valence-electron chi connectivity index (χ2n) is 6.16. The standard InChI is InChI=1S/C14H25N3O/c1-14(2)7-5-12(6-8-14)17(4)13-16-11(9-15-3)10-18-13/h10,12,15H,5-9H2,1-4H3. The molecule has 1 fully saturated rings. The zero-order valence-corrected chi connectivity index (χ0v) is 12.0. The predicted molar refractivity (Wildman–Crippen MR) is 73.7 cm³/mol. The summed E-state index contributed by atoms with van der Waals surface area (Å²) in [5.74, 6) is 0. The highest BCUT2D eigenvalue weighted by molar-refractivity contribution is 5.27. The highest BCUT2D eigenvalue weighted by atomic mass is 16.4. The van der Waals surface area contributed by atoms with E-state index in [2.05, 4.69) is 36.1 Å². The summed E-state index contributed by atoms with van der Waals surface area (Å²) in [7, 11) is 4.01. The lowest BCUT2D eigenvalue weighted by atomic mass is 9.75. The third kappa shape index (κ3) is 3.05. The van der Waals surface area contributed by atoms with Crippen molar-refractivity contribution in [2.45, 2.75) is 52.1 Å². The van der Waals surface area contributed by atoms with Gasteiger partial charge in [0, 0.05) is 19.6 Å². The van der Waals surface area contributed by atoms with Gasteiger partial charge >= 0.3 is 0 Å². The number of rotatable bonds is 4. The van der Waals surface area contributed by atoms with Gasteiger partial charge in [0.2, 0.25) is 0 Å². The van der Waals surface area contributed by atoms with Gasteiger partial charge in [-0.2, -0.15) is 4.98 Å². The molecule has 0 spiro atoms. The van der Waals surface area contributed by atoms with Gasteiger partial charge in [0.15, 0.2) is 0 Å². The molecular formula is C14H25N3O. The molecule has 0 amide bonds. The maximum Gasteiger partial charge on any atom is 0.297 e. The summed E-state index contributed by atoms with van der Waals surface area (Å²) in [6.07, 6.45) is 6.77. The first-order chi connectivity index (χ1) is 8.52. The van der Waals surface area contributed by atoms with Crippen molar-refractivity contribution in [1.29, 1.82) is 0 Å².